The summed E-state index contributed by atoms with van der Waals surface area (Å²) in [5.41, 5.74) is 0. The van der Waals surface area contributed by atoms with Crippen molar-refractivity contribution in [1.29, 1.82) is 0 Å². The predicted molar refractivity (Wildman–Crippen MR) is 76.2 cm³/mol. The summed E-state index contributed by atoms with van der Waals surface area (Å²) >= 11 is 9.14. The third kappa shape index (κ3) is 2.59. The van der Waals surface area contributed by atoms with Gasteiger partial charge in [-0.3, -0.25) is 0 Å². The first-order valence-electron chi connectivity index (χ1n) is 5.77. The molecular formula is C12H15BrClNO2S. The first kappa shape index (κ1) is 14.3. The highest BCUT2D eigenvalue weighted by Gasteiger charge is 2.35. The van der Waals surface area contributed by atoms with Crippen LogP contribution in [0.1, 0.15) is 13.8 Å². The van der Waals surface area contributed by atoms with Gasteiger partial charge in [0.1, 0.15) is 0 Å². The van der Waals surface area contributed by atoms with Gasteiger partial charge < -0.3 is 0 Å². The molecule has 1 aliphatic heterocycles. The van der Waals surface area contributed by atoms with Crippen LogP contribution >= 0.6 is 27.5 Å². The van der Waals surface area contributed by atoms with E-state index in [1.165, 1.54) is 0 Å². The van der Waals surface area contributed by atoms with Crippen molar-refractivity contribution in [3.8, 4) is 0 Å². The molecule has 0 N–H and O–H groups in total. The Morgan fingerprint density at radius 1 is 1.28 bits per heavy atom. The summed E-state index contributed by atoms with van der Waals surface area (Å²) in [6.45, 7) is 5.34. The van der Waals surface area contributed by atoms with Gasteiger partial charge in [-0.05, 0) is 46.0 Å². The molecule has 1 aromatic carbocycles. The highest BCUT2D eigenvalue weighted by atomic mass is 79.9. The smallest absolute Gasteiger partial charge is 0.207 e. The van der Waals surface area contributed by atoms with E-state index < -0.39 is 10.0 Å². The normalized spacial score (nSPS) is 25.6. The van der Waals surface area contributed by atoms with Crippen LogP contribution in [0.2, 0.25) is 5.02 Å². The van der Waals surface area contributed by atoms with Crippen LogP contribution in [0, 0.1) is 11.8 Å². The standard InChI is InChI=1S/C12H15BrClNO2S/c1-8-6-15(7-9(8)2)18(16,17)10-3-4-12(14)11(13)5-10/h3-5,8-9H,6-7H2,1-2H3. The zero-order valence-corrected chi connectivity index (χ0v) is 13.4. The van der Waals surface area contributed by atoms with Crippen LogP contribution in [0.4, 0.5) is 0 Å². The van der Waals surface area contributed by atoms with E-state index >= 15 is 0 Å². The van der Waals surface area contributed by atoms with Crippen molar-refractivity contribution in [3.05, 3.63) is 27.7 Å². The van der Waals surface area contributed by atoms with E-state index in [-0.39, 0.29) is 0 Å². The Morgan fingerprint density at radius 3 is 2.33 bits per heavy atom. The maximum atomic E-state index is 12.5. The van der Waals surface area contributed by atoms with Gasteiger partial charge >= 0.3 is 0 Å². The minimum absolute atomic E-state index is 0.292. The lowest BCUT2D eigenvalue weighted by Gasteiger charge is -2.16. The quantitative estimate of drug-likeness (QED) is 0.818. The Labute approximate surface area is 121 Å². The van der Waals surface area contributed by atoms with Gasteiger partial charge in [0.2, 0.25) is 10.0 Å². The molecule has 18 heavy (non-hydrogen) atoms. The van der Waals surface area contributed by atoms with Crippen molar-refractivity contribution in [2.45, 2.75) is 18.7 Å². The van der Waals surface area contributed by atoms with Crippen LogP contribution in [0.15, 0.2) is 27.6 Å². The largest absolute Gasteiger partial charge is 0.243 e. The SMILES string of the molecule is CC1CN(S(=O)(=O)c2ccc(Cl)c(Br)c2)CC1C. The van der Waals surface area contributed by atoms with Crippen LogP contribution < -0.4 is 0 Å². The van der Waals surface area contributed by atoms with E-state index in [0.29, 0.717) is 39.3 Å². The second-order valence-electron chi connectivity index (χ2n) is 4.85. The fourth-order valence-corrected chi connectivity index (χ4v) is 4.38. The summed E-state index contributed by atoms with van der Waals surface area (Å²) in [5.74, 6) is 0.797. The molecule has 0 saturated carbocycles. The molecule has 1 fully saturated rings. The third-order valence-corrected chi connectivity index (χ3v) is 6.53. The van der Waals surface area contributed by atoms with Crippen LogP contribution in [0.25, 0.3) is 0 Å². The average molecular weight is 353 g/mol. The van der Waals surface area contributed by atoms with Crippen molar-refractivity contribution in [2.75, 3.05) is 13.1 Å². The van der Waals surface area contributed by atoms with Crippen molar-refractivity contribution >= 4 is 37.6 Å². The topological polar surface area (TPSA) is 37.4 Å². The molecule has 100 valence electrons. The number of rotatable bonds is 2. The molecule has 0 aromatic heterocycles. The molecule has 0 amide bonds. The van der Waals surface area contributed by atoms with Gasteiger partial charge in [-0.25, -0.2) is 8.42 Å². The van der Waals surface area contributed by atoms with Crippen LogP contribution in [-0.2, 0) is 10.0 Å². The summed E-state index contributed by atoms with van der Waals surface area (Å²) in [6, 6.07) is 4.71. The molecule has 2 rings (SSSR count). The summed E-state index contributed by atoms with van der Waals surface area (Å²) in [4.78, 5) is 0.292. The average Bonchev–Trinajstić information content (AvgIpc) is 2.64. The van der Waals surface area contributed by atoms with E-state index in [0.717, 1.165) is 0 Å². The highest BCUT2D eigenvalue weighted by molar-refractivity contribution is 9.10. The highest BCUT2D eigenvalue weighted by Crippen LogP contribution is 2.31. The van der Waals surface area contributed by atoms with Crippen LogP contribution in [0.3, 0.4) is 0 Å². The number of sulfonamides is 1. The molecule has 0 spiro atoms. The second kappa shape index (κ2) is 5.12. The van der Waals surface area contributed by atoms with E-state index in [9.17, 15) is 8.42 Å². The van der Waals surface area contributed by atoms with Gasteiger partial charge in [0.25, 0.3) is 0 Å². The van der Waals surface area contributed by atoms with E-state index in [2.05, 4.69) is 29.8 Å². The zero-order valence-electron chi connectivity index (χ0n) is 10.2. The van der Waals surface area contributed by atoms with Gasteiger partial charge in [0.05, 0.1) is 9.92 Å². The van der Waals surface area contributed by atoms with Gasteiger partial charge in [0.15, 0.2) is 0 Å². The minimum atomic E-state index is -3.40. The number of hydrogen-bond donors (Lipinski definition) is 0. The number of nitrogens with zero attached hydrogens (tertiary/aromatic N) is 1. The molecule has 6 heteroatoms. The molecule has 2 unspecified atom stereocenters. The third-order valence-electron chi connectivity index (χ3n) is 3.48. The lowest BCUT2D eigenvalue weighted by Crippen LogP contribution is -2.29. The number of halogens is 2. The monoisotopic (exact) mass is 351 g/mol. The fraction of sp³-hybridized carbons (Fsp3) is 0.500. The van der Waals surface area contributed by atoms with E-state index in [1.54, 1.807) is 22.5 Å². The first-order chi connectivity index (χ1) is 8.32. The Bertz CT molecular complexity index is 551. The molecule has 0 aliphatic carbocycles. The van der Waals surface area contributed by atoms with Crippen molar-refractivity contribution in [1.82, 2.24) is 4.31 Å². The molecule has 3 nitrogen and oxygen atoms in total. The molecule has 0 bridgehead atoms. The molecule has 1 aliphatic rings. The summed E-state index contributed by atoms with van der Waals surface area (Å²) in [7, 11) is -3.40. The maximum Gasteiger partial charge on any atom is 0.243 e. The van der Waals surface area contributed by atoms with Gasteiger partial charge in [-0.1, -0.05) is 25.4 Å². The van der Waals surface area contributed by atoms with Gasteiger partial charge in [0, 0.05) is 17.6 Å². The first-order valence-corrected chi connectivity index (χ1v) is 8.38. The predicted octanol–water partition coefficient (Wildman–Crippen LogP) is 3.38. The Morgan fingerprint density at radius 2 is 1.83 bits per heavy atom. The van der Waals surface area contributed by atoms with Crippen LogP contribution in [-0.4, -0.2) is 25.8 Å². The van der Waals surface area contributed by atoms with E-state index in [1.807, 2.05) is 0 Å². The molecule has 1 saturated heterocycles. The fourth-order valence-electron chi connectivity index (χ4n) is 2.06. The summed E-state index contributed by atoms with van der Waals surface area (Å²) < 4.78 is 27.1. The second-order valence-corrected chi connectivity index (χ2v) is 8.05. The summed E-state index contributed by atoms with van der Waals surface area (Å²) in [6.07, 6.45) is 0. The van der Waals surface area contributed by atoms with Crippen molar-refractivity contribution < 1.29 is 8.42 Å². The number of hydrogen-bond acceptors (Lipinski definition) is 2. The zero-order chi connectivity index (χ0) is 13.5. The minimum Gasteiger partial charge on any atom is -0.207 e. The van der Waals surface area contributed by atoms with Crippen molar-refractivity contribution in [3.63, 3.8) is 0 Å². The van der Waals surface area contributed by atoms with Gasteiger partial charge in [-0.2, -0.15) is 4.31 Å². The Balaban J connectivity index is 2.34. The van der Waals surface area contributed by atoms with E-state index in [4.69, 9.17) is 11.6 Å². The molecule has 2 atom stereocenters. The Kier molecular flexibility index (Phi) is 4.07. The lowest BCUT2D eigenvalue weighted by molar-refractivity contribution is 0.463. The molecule has 0 radical (unpaired) electrons. The van der Waals surface area contributed by atoms with Crippen molar-refractivity contribution in [2.24, 2.45) is 11.8 Å². The summed E-state index contributed by atoms with van der Waals surface area (Å²) in [5, 5.41) is 0.511. The van der Waals surface area contributed by atoms with Gasteiger partial charge in [-0.15, -0.1) is 0 Å². The Hall–Kier alpha value is -0.100. The van der Waals surface area contributed by atoms with Crippen LogP contribution in [0.5, 0.6) is 0 Å². The molecule has 1 heterocycles. The molecular weight excluding hydrogens is 338 g/mol. The lowest BCUT2D eigenvalue weighted by atomic mass is 10.0. The maximum absolute atomic E-state index is 12.5. The molecule has 1 aromatic rings. The number of benzene rings is 1.